The Bertz CT molecular complexity index is 1580. The van der Waals surface area contributed by atoms with Crippen molar-refractivity contribution in [2.75, 3.05) is 0 Å². The number of aromatic nitrogens is 6. The van der Waals surface area contributed by atoms with Gasteiger partial charge in [-0.15, -0.1) is 10.2 Å². The fourth-order valence-corrected chi connectivity index (χ4v) is 5.61. The first-order chi connectivity index (χ1) is 18.9. The molecule has 0 radical (unpaired) electrons. The maximum atomic E-state index is 14.9. The lowest BCUT2D eigenvalue weighted by Crippen LogP contribution is -2.21. The lowest BCUT2D eigenvalue weighted by Gasteiger charge is -2.32. The number of imidazole rings is 1. The number of nitrogens with one attached hydrogen (secondary N) is 2. The third-order valence-corrected chi connectivity index (χ3v) is 7.59. The average molecular weight is 553 g/mol. The Balaban J connectivity index is 1.23. The first-order valence-electron chi connectivity index (χ1n) is 12.7. The molecule has 2 unspecified atom stereocenters. The lowest BCUT2D eigenvalue weighted by atomic mass is 9.73. The van der Waals surface area contributed by atoms with Crippen molar-refractivity contribution in [3.63, 3.8) is 0 Å². The van der Waals surface area contributed by atoms with Crippen molar-refractivity contribution >= 4 is 22.6 Å². The minimum Gasteiger partial charge on any atom is -0.488 e. The standard InChI is InChI=1S/C28H24ClF3N6O/c29-18-7-8-20(26(11-18)39-14-17-6-5-16(9-21(17)30)28-35-37-38-36-28)19-4-2-1-3-15(19)10-27-33-24-12-22(31)23(32)13-25(24)34-27/h5-9,11-13,15,19H,1-4,10,14H2,(H,33,34)(H,35,36,37,38). The van der Waals surface area contributed by atoms with Crippen LogP contribution in [-0.4, -0.2) is 30.6 Å². The number of aromatic amines is 2. The van der Waals surface area contributed by atoms with Gasteiger partial charge in [-0.25, -0.2) is 18.2 Å². The zero-order valence-corrected chi connectivity index (χ0v) is 21.5. The number of ether oxygens (including phenoxy) is 1. The molecule has 0 spiro atoms. The maximum absolute atomic E-state index is 14.9. The molecule has 2 aromatic heterocycles. The number of nitrogens with zero attached hydrogens (tertiary/aromatic N) is 4. The molecule has 5 aromatic rings. The molecule has 2 N–H and O–H groups in total. The summed E-state index contributed by atoms with van der Waals surface area (Å²) in [5.74, 6) is -0.281. The second kappa shape index (κ2) is 10.7. The van der Waals surface area contributed by atoms with Crippen LogP contribution in [0, 0.1) is 23.4 Å². The van der Waals surface area contributed by atoms with Crippen LogP contribution in [0.1, 0.15) is 48.6 Å². The third kappa shape index (κ3) is 5.34. The van der Waals surface area contributed by atoms with E-state index in [0.717, 1.165) is 43.4 Å². The molecule has 0 saturated heterocycles. The van der Waals surface area contributed by atoms with Gasteiger partial charge in [0.05, 0.1) is 11.0 Å². The fraction of sp³-hybridized carbons (Fsp3) is 0.286. The highest BCUT2D eigenvalue weighted by Gasteiger charge is 2.30. The predicted octanol–water partition coefficient (Wildman–Crippen LogP) is 6.91. The largest absolute Gasteiger partial charge is 0.488 e. The van der Waals surface area contributed by atoms with E-state index in [0.29, 0.717) is 51.0 Å². The van der Waals surface area contributed by atoms with Crippen molar-refractivity contribution < 1.29 is 17.9 Å². The van der Waals surface area contributed by atoms with Crippen molar-refractivity contribution in [3.8, 4) is 17.1 Å². The molecule has 2 atom stereocenters. The minimum atomic E-state index is -0.917. The zero-order valence-electron chi connectivity index (χ0n) is 20.7. The van der Waals surface area contributed by atoms with E-state index in [1.54, 1.807) is 18.2 Å². The third-order valence-electron chi connectivity index (χ3n) is 7.35. The summed E-state index contributed by atoms with van der Waals surface area (Å²) in [6.07, 6.45) is 4.67. The lowest BCUT2D eigenvalue weighted by molar-refractivity contribution is 0.269. The smallest absolute Gasteiger partial charge is 0.204 e. The van der Waals surface area contributed by atoms with Gasteiger partial charge in [-0.2, -0.15) is 5.21 Å². The summed E-state index contributed by atoms with van der Waals surface area (Å²) in [4.78, 5) is 7.66. The molecule has 1 fully saturated rings. The summed E-state index contributed by atoms with van der Waals surface area (Å²) >= 11 is 6.33. The molecule has 2 heterocycles. The first-order valence-corrected chi connectivity index (χ1v) is 13.1. The predicted molar refractivity (Wildman–Crippen MR) is 140 cm³/mol. The van der Waals surface area contributed by atoms with Crippen LogP contribution in [-0.2, 0) is 13.0 Å². The van der Waals surface area contributed by atoms with E-state index in [1.807, 2.05) is 12.1 Å². The van der Waals surface area contributed by atoms with Crippen LogP contribution in [0.5, 0.6) is 5.75 Å². The van der Waals surface area contributed by atoms with Crippen LogP contribution in [0.3, 0.4) is 0 Å². The Morgan fingerprint density at radius 1 is 0.949 bits per heavy atom. The first kappa shape index (κ1) is 25.4. The molecular weight excluding hydrogens is 529 g/mol. The average Bonchev–Trinajstić information content (AvgIpc) is 3.59. The van der Waals surface area contributed by atoms with Gasteiger partial charge >= 0.3 is 0 Å². The summed E-state index contributed by atoms with van der Waals surface area (Å²) in [7, 11) is 0. The van der Waals surface area contributed by atoms with Gasteiger partial charge in [0.1, 0.15) is 24.0 Å². The Hall–Kier alpha value is -3.92. The SMILES string of the molecule is Fc1cc2nc(CC3CCCCC3c3ccc(Cl)cc3OCc3ccc(-c4nn[nH]n4)cc3F)[nH]c2cc1F. The van der Waals surface area contributed by atoms with E-state index >= 15 is 0 Å². The molecule has 0 bridgehead atoms. The van der Waals surface area contributed by atoms with Gasteiger partial charge in [0.25, 0.3) is 0 Å². The Labute approximate surface area is 226 Å². The molecule has 11 heteroatoms. The van der Waals surface area contributed by atoms with Crippen LogP contribution in [0.2, 0.25) is 5.02 Å². The second-order valence-electron chi connectivity index (χ2n) is 9.83. The van der Waals surface area contributed by atoms with Crippen molar-refractivity contribution in [2.45, 2.75) is 44.6 Å². The van der Waals surface area contributed by atoms with Crippen molar-refractivity contribution in [3.05, 3.63) is 88.0 Å². The quantitative estimate of drug-likeness (QED) is 0.229. The van der Waals surface area contributed by atoms with Crippen molar-refractivity contribution in [1.29, 1.82) is 0 Å². The maximum Gasteiger partial charge on any atom is 0.204 e. The van der Waals surface area contributed by atoms with Gasteiger partial charge in [0.15, 0.2) is 11.6 Å². The minimum absolute atomic E-state index is 0.0176. The molecule has 0 aliphatic heterocycles. The highest BCUT2D eigenvalue weighted by Crippen LogP contribution is 2.44. The molecule has 1 aliphatic rings. The van der Waals surface area contributed by atoms with Gasteiger partial charge in [0, 0.05) is 34.7 Å². The number of tetrazole rings is 1. The highest BCUT2D eigenvalue weighted by atomic mass is 35.5. The number of hydrogen-bond donors (Lipinski definition) is 2. The van der Waals surface area contributed by atoms with Crippen LogP contribution < -0.4 is 4.74 Å². The van der Waals surface area contributed by atoms with Crippen LogP contribution >= 0.6 is 11.6 Å². The van der Waals surface area contributed by atoms with E-state index in [1.165, 1.54) is 6.07 Å². The fourth-order valence-electron chi connectivity index (χ4n) is 5.45. The summed E-state index contributed by atoms with van der Waals surface area (Å²) in [5.41, 5.74) is 2.77. The van der Waals surface area contributed by atoms with E-state index in [4.69, 9.17) is 16.3 Å². The van der Waals surface area contributed by atoms with Crippen molar-refractivity contribution in [2.24, 2.45) is 5.92 Å². The summed E-state index contributed by atoms with van der Waals surface area (Å²) in [6, 6.07) is 12.5. The van der Waals surface area contributed by atoms with E-state index in [-0.39, 0.29) is 18.4 Å². The molecule has 0 amide bonds. The highest BCUT2D eigenvalue weighted by molar-refractivity contribution is 6.30. The Kier molecular flexibility index (Phi) is 6.95. The molecule has 3 aromatic carbocycles. The van der Waals surface area contributed by atoms with Gasteiger partial charge < -0.3 is 9.72 Å². The Morgan fingerprint density at radius 3 is 2.62 bits per heavy atom. The number of halogens is 4. The number of fused-ring (bicyclic) bond motifs is 1. The van der Waals surface area contributed by atoms with Crippen LogP contribution in [0.15, 0.2) is 48.5 Å². The molecule has 1 aliphatic carbocycles. The van der Waals surface area contributed by atoms with Gasteiger partial charge in [-0.3, -0.25) is 0 Å². The van der Waals surface area contributed by atoms with Crippen molar-refractivity contribution in [1.82, 2.24) is 30.6 Å². The van der Waals surface area contributed by atoms with Gasteiger partial charge in [-0.1, -0.05) is 42.6 Å². The normalized spacial score (nSPS) is 17.5. The van der Waals surface area contributed by atoms with E-state index in [2.05, 4.69) is 30.6 Å². The number of rotatable bonds is 7. The molecule has 6 rings (SSSR count). The topological polar surface area (TPSA) is 92.4 Å². The summed E-state index contributed by atoms with van der Waals surface area (Å²) in [5, 5.41) is 14.1. The van der Waals surface area contributed by atoms with Gasteiger partial charge in [0.2, 0.25) is 5.82 Å². The van der Waals surface area contributed by atoms with Crippen LogP contribution in [0.4, 0.5) is 13.2 Å². The summed E-state index contributed by atoms with van der Waals surface area (Å²) < 4.78 is 48.4. The molecule has 1 saturated carbocycles. The Morgan fingerprint density at radius 2 is 1.79 bits per heavy atom. The molecular formula is C28H24ClF3N6O. The van der Waals surface area contributed by atoms with Gasteiger partial charge in [-0.05, 0) is 53.7 Å². The number of H-pyrrole nitrogens is 2. The van der Waals surface area contributed by atoms with E-state index < -0.39 is 17.5 Å². The van der Waals surface area contributed by atoms with E-state index in [9.17, 15) is 13.2 Å². The molecule has 7 nitrogen and oxygen atoms in total. The van der Waals surface area contributed by atoms with Crippen LogP contribution in [0.25, 0.3) is 22.4 Å². The number of hydrogen-bond acceptors (Lipinski definition) is 5. The molecule has 39 heavy (non-hydrogen) atoms. The number of benzene rings is 3. The summed E-state index contributed by atoms with van der Waals surface area (Å²) in [6.45, 7) is 0.0176. The molecule has 200 valence electrons. The monoisotopic (exact) mass is 552 g/mol. The zero-order chi connectivity index (χ0) is 26.9. The second-order valence-corrected chi connectivity index (χ2v) is 10.3.